The van der Waals surface area contributed by atoms with Crippen molar-refractivity contribution in [2.24, 2.45) is 5.92 Å². The predicted molar refractivity (Wildman–Crippen MR) is 324 cm³/mol. The van der Waals surface area contributed by atoms with Gasteiger partial charge in [0, 0.05) is 44.9 Å². The lowest BCUT2D eigenvalue weighted by Gasteiger charge is -2.51. The van der Waals surface area contributed by atoms with Crippen molar-refractivity contribution in [2.45, 2.75) is 23.2 Å². The van der Waals surface area contributed by atoms with E-state index in [1.807, 2.05) is 11.3 Å². The Bertz CT molecular complexity index is 4070. The molecule has 77 heavy (non-hydrogen) atoms. The Morgan fingerprint density at radius 1 is 0.429 bits per heavy atom. The lowest BCUT2D eigenvalue weighted by molar-refractivity contribution is 0.431. The summed E-state index contributed by atoms with van der Waals surface area (Å²) in [5.74, 6) is 0.386. The van der Waals surface area contributed by atoms with Gasteiger partial charge in [-0.15, -0.1) is 11.3 Å². The van der Waals surface area contributed by atoms with E-state index in [9.17, 15) is 0 Å². The minimum absolute atomic E-state index is 0.185. The molecule has 0 amide bonds. The highest BCUT2D eigenvalue weighted by Crippen LogP contribution is 2.66. The highest BCUT2D eigenvalue weighted by atomic mass is 32.1. The molecule has 0 aliphatic heterocycles. The van der Waals surface area contributed by atoms with E-state index in [1.165, 1.54) is 98.4 Å². The van der Waals surface area contributed by atoms with Crippen LogP contribution < -0.4 is 4.90 Å². The summed E-state index contributed by atoms with van der Waals surface area (Å²) in [6.45, 7) is 0. The number of benzene rings is 10. The van der Waals surface area contributed by atoms with Gasteiger partial charge in [0.15, 0.2) is 0 Å². The van der Waals surface area contributed by atoms with Crippen LogP contribution in [-0.2, 0) is 17.3 Å². The topological polar surface area (TPSA) is 3.24 Å². The second kappa shape index (κ2) is 18.3. The van der Waals surface area contributed by atoms with Gasteiger partial charge in [0.1, 0.15) is 0 Å². The molecule has 1 nitrogen and oxygen atoms in total. The summed E-state index contributed by atoms with van der Waals surface area (Å²) in [4.78, 5) is 3.83. The van der Waals surface area contributed by atoms with Gasteiger partial charge in [-0.1, -0.05) is 255 Å². The second-order valence-electron chi connectivity index (χ2n) is 21.1. The van der Waals surface area contributed by atoms with Crippen LogP contribution in [0.15, 0.2) is 291 Å². The molecule has 2 heteroatoms. The van der Waals surface area contributed by atoms with Crippen LogP contribution in [-0.4, -0.2) is 0 Å². The first-order valence-electron chi connectivity index (χ1n) is 27.0. The van der Waals surface area contributed by atoms with Gasteiger partial charge in [-0.05, 0) is 131 Å². The Labute approximate surface area is 455 Å². The van der Waals surface area contributed by atoms with Crippen LogP contribution in [0.3, 0.4) is 0 Å². The zero-order chi connectivity index (χ0) is 50.9. The van der Waals surface area contributed by atoms with E-state index < -0.39 is 10.8 Å². The van der Waals surface area contributed by atoms with E-state index in [0.717, 1.165) is 23.5 Å². The van der Waals surface area contributed by atoms with Gasteiger partial charge < -0.3 is 4.90 Å². The van der Waals surface area contributed by atoms with E-state index >= 15 is 0 Å². The molecule has 1 spiro atoms. The average molecular weight is 1000 g/mol. The smallest absolute Gasteiger partial charge is 0.0707 e. The van der Waals surface area contributed by atoms with Gasteiger partial charge >= 0.3 is 0 Å². The first kappa shape index (κ1) is 45.3. The Morgan fingerprint density at radius 3 is 1.57 bits per heavy atom. The molecule has 0 saturated heterocycles. The Morgan fingerprint density at radius 2 is 0.935 bits per heavy atom. The third kappa shape index (κ3) is 7.13. The van der Waals surface area contributed by atoms with Crippen molar-refractivity contribution >= 4 is 50.6 Å². The molecule has 10 aromatic carbocycles. The average Bonchev–Trinajstić information content (AvgIpc) is 4.24. The van der Waals surface area contributed by atoms with Crippen molar-refractivity contribution in [3.63, 3.8) is 0 Å². The van der Waals surface area contributed by atoms with Crippen molar-refractivity contribution in [3.05, 3.63) is 351 Å². The summed E-state index contributed by atoms with van der Waals surface area (Å²) in [6, 6.07) is 95.3. The lowest BCUT2D eigenvalue weighted by Crippen LogP contribution is -2.47. The minimum Gasteiger partial charge on any atom is -0.311 e. The third-order valence-electron chi connectivity index (χ3n) is 17.1. The maximum atomic E-state index is 2.51. The quantitative estimate of drug-likeness (QED) is 0.147. The van der Waals surface area contributed by atoms with E-state index in [0.29, 0.717) is 0 Å². The maximum Gasteiger partial charge on any atom is 0.0707 e. The molecule has 4 aliphatic carbocycles. The van der Waals surface area contributed by atoms with Crippen LogP contribution in [0, 0.1) is 5.92 Å². The fourth-order valence-corrected chi connectivity index (χ4v) is 15.1. The number of fused-ring (bicyclic) bond motifs is 12. The van der Waals surface area contributed by atoms with Crippen LogP contribution in [0.25, 0.3) is 44.5 Å². The summed E-state index contributed by atoms with van der Waals surface area (Å²) in [5, 5.41) is 1.36. The van der Waals surface area contributed by atoms with Crippen molar-refractivity contribution in [2.75, 3.05) is 4.90 Å². The van der Waals surface area contributed by atoms with Crippen LogP contribution >= 0.6 is 11.3 Å². The summed E-state index contributed by atoms with van der Waals surface area (Å²) in [5.41, 5.74) is 22.0. The highest BCUT2D eigenvalue weighted by Gasteiger charge is 2.60. The number of rotatable bonds is 8. The molecule has 2 atom stereocenters. The molecule has 0 N–H and O–H groups in total. The molecular formula is C75H53NS. The maximum absolute atomic E-state index is 2.51. The van der Waals surface area contributed by atoms with E-state index in [2.05, 4.69) is 302 Å². The molecule has 15 rings (SSSR count). The van der Waals surface area contributed by atoms with Crippen molar-refractivity contribution in [3.8, 4) is 22.3 Å². The second-order valence-corrected chi connectivity index (χ2v) is 22.2. The van der Waals surface area contributed by atoms with Crippen LogP contribution in [0.5, 0.6) is 0 Å². The molecule has 0 bridgehead atoms. The summed E-state index contributed by atoms with van der Waals surface area (Å²) < 4.78 is 1.36. The third-order valence-corrected chi connectivity index (χ3v) is 18.3. The number of hydrogen-bond acceptors (Lipinski definition) is 2. The largest absolute Gasteiger partial charge is 0.311 e. The van der Waals surface area contributed by atoms with Crippen molar-refractivity contribution in [1.29, 1.82) is 0 Å². The molecule has 364 valence electrons. The number of thiophene rings is 1. The molecule has 2 unspecified atom stereocenters. The monoisotopic (exact) mass is 999 g/mol. The molecule has 4 aliphatic rings. The number of allylic oxidation sites excluding steroid dienone is 6. The van der Waals surface area contributed by atoms with Gasteiger partial charge in [0.2, 0.25) is 0 Å². The minimum atomic E-state index is -0.509. The standard InChI is InChI=1S/C75H53NS/c1-4-18-53(19-5-1)54-35-42-60(43-36-54)76(59-40-32-51(33-41-59)48-52-34-46-64-63-25-11-17-31-72(63)77-73(64)49-52)61-44-37-55(38-45-61)56-39-47-67-65(50-56)62-24-10-12-26-66(62)75(67)70-29-15-13-27-68(70)74(57-20-6-2-7-21-57,58-22-8-3-9-23-58)69-28-14-16-30-71(69)75/h1-48,50,62,66H,49H2/b52-48-. The Kier molecular flexibility index (Phi) is 10.8. The SMILES string of the molecule is C1=CC2c3cc(-c4ccc(N(c5ccc(/C=C6/C=Cc7c(sc8ccccc78)C6)cc5)c5ccc(-c6ccccc6)cc5)cc4)ccc3C3(c4ccccc4C(c4ccccc4)(c4ccccc4)c4ccccc43)C2C=C1. The number of anilines is 3. The molecule has 0 saturated carbocycles. The highest BCUT2D eigenvalue weighted by molar-refractivity contribution is 7.19. The van der Waals surface area contributed by atoms with E-state index in [1.54, 1.807) is 0 Å². The normalized spacial score (nSPS) is 17.4. The first-order valence-corrected chi connectivity index (χ1v) is 27.8. The van der Waals surface area contributed by atoms with Crippen molar-refractivity contribution in [1.82, 2.24) is 0 Å². The fourth-order valence-electron chi connectivity index (χ4n) is 13.9. The first-order chi connectivity index (χ1) is 38.2. The van der Waals surface area contributed by atoms with Gasteiger partial charge in [0.05, 0.1) is 10.8 Å². The summed E-state index contributed by atoms with van der Waals surface area (Å²) in [6.07, 6.45) is 17.4. The van der Waals surface area contributed by atoms with Gasteiger partial charge in [-0.2, -0.15) is 0 Å². The zero-order valence-electron chi connectivity index (χ0n) is 42.5. The molecule has 1 heterocycles. The van der Waals surface area contributed by atoms with Crippen LogP contribution in [0.2, 0.25) is 0 Å². The Balaban J connectivity index is 0.813. The summed E-state index contributed by atoms with van der Waals surface area (Å²) >= 11 is 1.92. The van der Waals surface area contributed by atoms with E-state index in [-0.39, 0.29) is 11.8 Å². The van der Waals surface area contributed by atoms with Gasteiger partial charge in [-0.3, -0.25) is 0 Å². The molecule has 11 aromatic rings. The molecule has 1 aromatic heterocycles. The van der Waals surface area contributed by atoms with E-state index in [4.69, 9.17) is 0 Å². The summed E-state index contributed by atoms with van der Waals surface area (Å²) in [7, 11) is 0. The number of hydrogen-bond donors (Lipinski definition) is 0. The molecule has 0 fully saturated rings. The van der Waals surface area contributed by atoms with Crippen molar-refractivity contribution < 1.29 is 0 Å². The molecular weight excluding hydrogens is 947 g/mol. The number of nitrogens with zero attached hydrogens (tertiary/aromatic N) is 1. The molecule has 0 radical (unpaired) electrons. The lowest BCUT2D eigenvalue weighted by atomic mass is 9.50. The zero-order valence-corrected chi connectivity index (χ0v) is 43.3. The van der Waals surface area contributed by atoms with Crippen LogP contribution in [0.4, 0.5) is 17.1 Å². The van der Waals surface area contributed by atoms with Crippen LogP contribution in [0.1, 0.15) is 66.4 Å². The van der Waals surface area contributed by atoms with Gasteiger partial charge in [0.25, 0.3) is 0 Å². The fraction of sp³-hybridized carbons (Fsp3) is 0.0667. The Hall–Kier alpha value is -9.08. The predicted octanol–water partition coefficient (Wildman–Crippen LogP) is 19.2. The van der Waals surface area contributed by atoms with Gasteiger partial charge in [-0.25, -0.2) is 0 Å².